The number of guanidine groups is 1. The first kappa shape index (κ1) is 21.3. The number of rotatable bonds is 5. The first-order chi connectivity index (χ1) is 12.1. The molecule has 1 aromatic rings. The van der Waals surface area contributed by atoms with Gasteiger partial charge in [-0.3, -0.25) is 0 Å². The summed E-state index contributed by atoms with van der Waals surface area (Å²) in [4.78, 5) is 7.22. The molecule has 26 heavy (non-hydrogen) atoms. The molecule has 6 heteroatoms. The molecule has 0 aromatic heterocycles. The molecule has 0 bridgehead atoms. The van der Waals surface area contributed by atoms with Crippen LogP contribution >= 0.6 is 24.0 Å². The maximum atomic E-state index is 5.98. The Morgan fingerprint density at radius 1 is 1.35 bits per heavy atom. The Morgan fingerprint density at radius 2 is 2.12 bits per heavy atom. The standard InChI is InChI=1S/C20H31N3O2.HI/c1-4-21-19(23-11-9-20(14-23)10-12-24-15-20)22-13-17(3)25-18-7-5-16(2)6-8-18;/h5-8,17H,4,9-15H2,1-3H3,(H,21,22);1H. The third-order valence-electron chi connectivity index (χ3n) is 5.11. The molecule has 2 saturated heterocycles. The number of aryl methyl sites for hydroxylation is 1. The molecule has 0 aliphatic carbocycles. The highest BCUT2D eigenvalue weighted by Gasteiger charge is 2.42. The van der Waals surface area contributed by atoms with Crippen molar-refractivity contribution in [2.75, 3.05) is 39.4 Å². The van der Waals surface area contributed by atoms with Crippen molar-refractivity contribution in [2.45, 2.75) is 39.7 Å². The highest BCUT2D eigenvalue weighted by Crippen LogP contribution is 2.38. The molecule has 5 nitrogen and oxygen atoms in total. The highest BCUT2D eigenvalue weighted by molar-refractivity contribution is 14.0. The summed E-state index contributed by atoms with van der Waals surface area (Å²) in [5.74, 6) is 1.91. The predicted octanol–water partition coefficient (Wildman–Crippen LogP) is 3.46. The van der Waals surface area contributed by atoms with E-state index in [0.717, 1.165) is 44.6 Å². The fraction of sp³-hybridized carbons (Fsp3) is 0.650. The van der Waals surface area contributed by atoms with E-state index in [1.807, 2.05) is 12.1 Å². The van der Waals surface area contributed by atoms with Gasteiger partial charge in [-0.15, -0.1) is 24.0 Å². The van der Waals surface area contributed by atoms with Crippen molar-refractivity contribution in [1.29, 1.82) is 0 Å². The number of nitrogens with zero attached hydrogens (tertiary/aromatic N) is 2. The van der Waals surface area contributed by atoms with Crippen molar-refractivity contribution >= 4 is 29.9 Å². The largest absolute Gasteiger partial charge is 0.489 e. The summed E-state index contributed by atoms with van der Waals surface area (Å²) in [6, 6.07) is 8.18. The summed E-state index contributed by atoms with van der Waals surface area (Å²) in [7, 11) is 0. The summed E-state index contributed by atoms with van der Waals surface area (Å²) in [5, 5.41) is 3.44. The van der Waals surface area contributed by atoms with Gasteiger partial charge in [0.25, 0.3) is 0 Å². The summed E-state index contributed by atoms with van der Waals surface area (Å²) in [5.41, 5.74) is 1.59. The van der Waals surface area contributed by atoms with E-state index in [9.17, 15) is 0 Å². The minimum atomic E-state index is 0. The van der Waals surface area contributed by atoms with E-state index < -0.39 is 0 Å². The molecule has 0 saturated carbocycles. The lowest BCUT2D eigenvalue weighted by Crippen LogP contribution is -2.42. The average molecular weight is 473 g/mol. The molecule has 0 amide bonds. The number of hydrogen-bond acceptors (Lipinski definition) is 3. The van der Waals surface area contributed by atoms with Crippen LogP contribution in [-0.4, -0.2) is 56.4 Å². The van der Waals surface area contributed by atoms with Crippen molar-refractivity contribution in [3.8, 4) is 5.75 Å². The van der Waals surface area contributed by atoms with Crippen LogP contribution in [0.25, 0.3) is 0 Å². The zero-order valence-corrected chi connectivity index (χ0v) is 18.5. The number of halogens is 1. The van der Waals surface area contributed by atoms with Gasteiger partial charge in [0.05, 0.1) is 13.2 Å². The lowest BCUT2D eigenvalue weighted by atomic mass is 9.87. The Bertz CT molecular complexity index is 585. The van der Waals surface area contributed by atoms with E-state index in [2.05, 4.69) is 43.1 Å². The number of ether oxygens (including phenoxy) is 2. The fourth-order valence-electron chi connectivity index (χ4n) is 3.61. The lowest BCUT2D eigenvalue weighted by molar-refractivity contribution is 0.156. The van der Waals surface area contributed by atoms with Crippen molar-refractivity contribution in [3.63, 3.8) is 0 Å². The van der Waals surface area contributed by atoms with Gasteiger partial charge >= 0.3 is 0 Å². The van der Waals surface area contributed by atoms with Gasteiger partial charge in [-0.2, -0.15) is 0 Å². The molecule has 1 aromatic carbocycles. The van der Waals surface area contributed by atoms with Gasteiger partial charge < -0.3 is 19.7 Å². The third-order valence-corrected chi connectivity index (χ3v) is 5.11. The highest BCUT2D eigenvalue weighted by atomic mass is 127. The smallest absolute Gasteiger partial charge is 0.194 e. The lowest BCUT2D eigenvalue weighted by Gasteiger charge is -2.25. The summed E-state index contributed by atoms with van der Waals surface area (Å²) >= 11 is 0. The van der Waals surface area contributed by atoms with E-state index in [-0.39, 0.29) is 30.1 Å². The third kappa shape index (κ3) is 5.49. The van der Waals surface area contributed by atoms with Crippen LogP contribution in [0.4, 0.5) is 0 Å². The van der Waals surface area contributed by atoms with Gasteiger partial charge in [-0.05, 0) is 45.7 Å². The monoisotopic (exact) mass is 473 g/mol. The maximum absolute atomic E-state index is 5.98. The molecule has 0 radical (unpaired) electrons. The van der Waals surface area contributed by atoms with Gasteiger partial charge in [0.1, 0.15) is 11.9 Å². The molecule has 146 valence electrons. The van der Waals surface area contributed by atoms with Crippen LogP contribution < -0.4 is 10.1 Å². The van der Waals surface area contributed by atoms with Crippen LogP contribution in [0, 0.1) is 12.3 Å². The average Bonchev–Trinajstić information content (AvgIpc) is 3.24. The number of likely N-dealkylation sites (tertiary alicyclic amines) is 1. The van der Waals surface area contributed by atoms with Crippen LogP contribution in [0.2, 0.25) is 0 Å². The minimum absolute atomic E-state index is 0. The number of hydrogen-bond donors (Lipinski definition) is 1. The van der Waals surface area contributed by atoms with Crippen LogP contribution in [0.5, 0.6) is 5.75 Å². The van der Waals surface area contributed by atoms with E-state index in [0.29, 0.717) is 12.0 Å². The Labute approximate surface area is 174 Å². The quantitative estimate of drug-likeness (QED) is 0.404. The molecule has 2 fully saturated rings. The molecule has 2 heterocycles. The fourth-order valence-corrected chi connectivity index (χ4v) is 3.61. The molecule has 2 aliphatic rings. The van der Waals surface area contributed by atoms with Gasteiger partial charge in [-0.1, -0.05) is 17.7 Å². The number of nitrogens with one attached hydrogen (secondary N) is 1. The molecule has 2 aliphatic heterocycles. The van der Waals surface area contributed by atoms with Crippen molar-refractivity contribution in [2.24, 2.45) is 10.4 Å². The first-order valence-electron chi connectivity index (χ1n) is 9.44. The predicted molar refractivity (Wildman–Crippen MR) is 117 cm³/mol. The Kier molecular flexibility index (Phi) is 8.01. The van der Waals surface area contributed by atoms with Crippen molar-refractivity contribution in [1.82, 2.24) is 10.2 Å². The molecule has 2 atom stereocenters. The number of benzene rings is 1. The van der Waals surface area contributed by atoms with Crippen LogP contribution in [0.1, 0.15) is 32.3 Å². The normalized spacial score (nSPS) is 23.8. The summed E-state index contributed by atoms with van der Waals surface area (Å²) in [6.45, 7) is 11.7. The zero-order valence-electron chi connectivity index (χ0n) is 16.2. The summed E-state index contributed by atoms with van der Waals surface area (Å²) in [6.07, 6.45) is 2.42. The van der Waals surface area contributed by atoms with Gasteiger partial charge in [0, 0.05) is 31.7 Å². The molecular weight excluding hydrogens is 441 g/mol. The van der Waals surface area contributed by atoms with E-state index in [4.69, 9.17) is 14.5 Å². The van der Waals surface area contributed by atoms with Crippen LogP contribution in [0.3, 0.4) is 0 Å². The van der Waals surface area contributed by atoms with E-state index in [1.165, 1.54) is 18.4 Å². The molecule has 1 N–H and O–H groups in total. The minimum Gasteiger partial charge on any atom is -0.489 e. The first-order valence-corrected chi connectivity index (χ1v) is 9.44. The van der Waals surface area contributed by atoms with Gasteiger partial charge in [-0.25, -0.2) is 4.99 Å². The van der Waals surface area contributed by atoms with Gasteiger partial charge in [0.15, 0.2) is 5.96 Å². The molecule has 2 unspecified atom stereocenters. The second-order valence-corrected chi connectivity index (χ2v) is 7.41. The Morgan fingerprint density at radius 3 is 2.77 bits per heavy atom. The molecular formula is C20H32IN3O2. The van der Waals surface area contributed by atoms with Crippen LogP contribution in [0.15, 0.2) is 29.3 Å². The maximum Gasteiger partial charge on any atom is 0.194 e. The SMILES string of the molecule is CCNC(=NCC(C)Oc1ccc(C)cc1)N1CCC2(CCOC2)C1.I. The zero-order chi connectivity index (χ0) is 17.7. The Hall–Kier alpha value is -1.02. The molecule has 1 spiro atoms. The number of aliphatic imine (C=N–C) groups is 1. The topological polar surface area (TPSA) is 46.1 Å². The van der Waals surface area contributed by atoms with Crippen molar-refractivity contribution in [3.05, 3.63) is 29.8 Å². The second-order valence-electron chi connectivity index (χ2n) is 7.41. The summed E-state index contributed by atoms with van der Waals surface area (Å²) < 4.78 is 11.6. The van der Waals surface area contributed by atoms with Crippen molar-refractivity contribution < 1.29 is 9.47 Å². The van der Waals surface area contributed by atoms with E-state index in [1.54, 1.807) is 0 Å². The Balaban J connectivity index is 0.00000243. The van der Waals surface area contributed by atoms with Crippen LogP contribution in [-0.2, 0) is 4.74 Å². The second kappa shape index (κ2) is 9.78. The van der Waals surface area contributed by atoms with E-state index >= 15 is 0 Å². The molecule has 3 rings (SSSR count). The van der Waals surface area contributed by atoms with Gasteiger partial charge in [0.2, 0.25) is 0 Å².